The zero-order valence-electron chi connectivity index (χ0n) is 8.71. The van der Waals surface area contributed by atoms with E-state index in [4.69, 9.17) is 9.47 Å². The number of hydrogen-bond donors (Lipinski definition) is 1. The van der Waals surface area contributed by atoms with E-state index in [2.05, 4.69) is 12.2 Å². The molecule has 1 aliphatic heterocycles. The van der Waals surface area contributed by atoms with Gasteiger partial charge in [0.05, 0.1) is 12.7 Å². The second kappa shape index (κ2) is 6.35. The molecular formula is C10H21NO2. The second-order valence-corrected chi connectivity index (χ2v) is 3.65. The van der Waals surface area contributed by atoms with Crippen molar-refractivity contribution in [2.75, 3.05) is 32.9 Å². The molecule has 1 rings (SSSR count). The Bertz CT molecular complexity index is 124. The second-order valence-electron chi connectivity index (χ2n) is 3.65. The van der Waals surface area contributed by atoms with Gasteiger partial charge in [0.25, 0.3) is 0 Å². The summed E-state index contributed by atoms with van der Waals surface area (Å²) < 4.78 is 10.7. The molecule has 1 aliphatic rings. The van der Waals surface area contributed by atoms with Gasteiger partial charge in [-0.25, -0.2) is 0 Å². The molecule has 3 heteroatoms. The first-order valence-electron chi connectivity index (χ1n) is 5.23. The summed E-state index contributed by atoms with van der Waals surface area (Å²) in [5.41, 5.74) is 0. The van der Waals surface area contributed by atoms with Gasteiger partial charge >= 0.3 is 0 Å². The van der Waals surface area contributed by atoms with Crippen LogP contribution in [0.3, 0.4) is 0 Å². The van der Waals surface area contributed by atoms with Crippen molar-refractivity contribution in [2.24, 2.45) is 5.92 Å². The van der Waals surface area contributed by atoms with Crippen LogP contribution in [0.25, 0.3) is 0 Å². The van der Waals surface area contributed by atoms with Gasteiger partial charge in [-0.15, -0.1) is 0 Å². The number of hydrogen-bond acceptors (Lipinski definition) is 3. The Balaban J connectivity index is 1.93. The van der Waals surface area contributed by atoms with E-state index >= 15 is 0 Å². The first-order chi connectivity index (χ1) is 6.33. The Hall–Kier alpha value is -0.120. The Kier molecular flexibility index (Phi) is 5.35. The molecule has 3 nitrogen and oxygen atoms in total. The fourth-order valence-electron chi connectivity index (χ4n) is 1.58. The summed E-state index contributed by atoms with van der Waals surface area (Å²) in [4.78, 5) is 0. The molecule has 1 N–H and O–H groups in total. The predicted octanol–water partition coefficient (Wildman–Crippen LogP) is 1.04. The maximum Gasteiger partial charge on any atom is 0.0671 e. The van der Waals surface area contributed by atoms with Crippen LogP contribution >= 0.6 is 0 Å². The average Bonchev–Trinajstić information content (AvgIpc) is 2.57. The van der Waals surface area contributed by atoms with E-state index in [1.54, 1.807) is 0 Å². The minimum atomic E-state index is 0.326. The molecule has 1 fully saturated rings. The fraction of sp³-hybridized carbons (Fsp3) is 1.00. The maximum atomic E-state index is 5.41. The van der Waals surface area contributed by atoms with Crippen LogP contribution in [0.15, 0.2) is 0 Å². The van der Waals surface area contributed by atoms with Crippen LogP contribution in [0.2, 0.25) is 0 Å². The molecule has 1 heterocycles. The summed E-state index contributed by atoms with van der Waals surface area (Å²) in [5, 5.41) is 3.41. The minimum Gasteiger partial charge on any atom is -0.381 e. The van der Waals surface area contributed by atoms with Crippen molar-refractivity contribution in [1.29, 1.82) is 0 Å². The third-order valence-corrected chi connectivity index (χ3v) is 2.34. The molecule has 0 aromatic heterocycles. The molecule has 0 saturated carbocycles. The van der Waals surface area contributed by atoms with Crippen molar-refractivity contribution >= 4 is 0 Å². The van der Waals surface area contributed by atoms with Gasteiger partial charge in [0.15, 0.2) is 0 Å². The van der Waals surface area contributed by atoms with Crippen molar-refractivity contribution in [3.05, 3.63) is 0 Å². The van der Waals surface area contributed by atoms with E-state index in [0.29, 0.717) is 12.0 Å². The van der Waals surface area contributed by atoms with Gasteiger partial charge in [-0.1, -0.05) is 0 Å². The van der Waals surface area contributed by atoms with Crippen LogP contribution in [-0.4, -0.2) is 39.0 Å². The first kappa shape index (κ1) is 11.0. The van der Waals surface area contributed by atoms with Crippen molar-refractivity contribution in [3.8, 4) is 0 Å². The third kappa shape index (κ3) is 4.60. The summed E-state index contributed by atoms with van der Waals surface area (Å²) >= 11 is 0. The molecule has 0 aromatic carbocycles. The topological polar surface area (TPSA) is 30.5 Å². The minimum absolute atomic E-state index is 0.326. The van der Waals surface area contributed by atoms with E-state index in [1.165, 1.54) is 6.42 Å². The number of rotatable bonds is 6. The standard InChI is InChI=1S/C10H21NO2/c1-3-13-9(2)6-11-7-10-4-5-12-8-10/h9-11H,3-8H2,1-2H3. The van der Waals surface area contributed by atoms with Gasteiger partial charge in [-0.05, 0) is 26.2 Å². The monoisotopic (exact) mass is 187 g/mol. The maximum absolute atomic E-state index is 5.41. The summed E-state index contributed by atoms with van der Waals surface area (Å²) in [5.74, 6) is 0.717. The van der Waals surface area contributed by atoms with Crippen molar-refractivity contribution < 1.29 is 9.47 Å². The van der Waals surface area contributed by atoms with Crippen molar-refractivity contribution in [3.63, 3.8) is 0 Å². The fourth-order valence-corrected chi connectivity index (χ4v) is 1.58. The number of nitrogens with one attached hydrogen (secondary N) is 1. The Labute approximate surface area is 80.8 Å². The van der Waals surface area contributed by atoms with Gasteiger partial charge in [0.2, 0.25) is 0 Å². The van der Waals surface area contributed by atoms with Gasteiger partial charge in [-0.3, -0.25) is 0 Å². The van der Waals surface area contributed by atoms with E-state index < -0.39 is 0 Å². The predicted molar refractivity (Wildman–Crippen MR) is 52.9 cm³/mol. The van der Waals surface area contributed by atoms with Crippen LogP contribution in [0.5, 0.6) is 0 Å². The molecule has 2 unspecified atom stereocenters. The van der Waals surface area contributed by atoms with Gasteiger partial charge in [0.1, 0.15) is 0 Å². The highest BCUT2D eigenvalue weighted by molar-refractivity contribution is 4.67. The SMILES string of the molecule is CCOC(C)CNCC1CCOC1. The smallest absolute Gasteiger partial charge is 0.0671 e. The first-order valence-corrected chi connectivity index (χ1v) is 5.23. The van der Waals surface area contributed by atoms with Crippen LogP contribution in [0.4, 0.5) is 0 Å². The zero-order chi connectivity index (χ0) is 9.52. The molecule has 13 heavy (non-hydrogen) atoms. The third-order valence-electron chi connectivity index (χ3n) is 2.34. The lowest BCUT2D eigenvalue weighted by Gasteiger charge is -2.14. The Morgan fingerprint density at radius 2 is 2.46 bits per heavy atom. The van der Waals surface area contributed by atoms with Crippen LogP contribution in [-0.2, 0) is 9.47 Å². The highest BCUT2D eigenvalue weighted by Gasteiger charge is 2.14. The van der Waals surface area contributed by atoms with Crippen LogP contribution < -0.4 is 5.32 Å². The zero-order valence-corrected chi connectivity index (χ0v) is 8.71. The summed E-state index contributed by atoms with van der Waals surface area (Å²) in [7, 11) is 0. The lowest BCUT2D eigenvalue weighted by molar-refractivity contribution is 0.0752. The molecule has 0 amide bonds. The van der Waals surface area contributed by atoms with Crippen LogP contribution in [0.1, 0.15) is 20.3 Å². The van der Waals surface area contributed by atoms with Gasteiger partial charge < -0.3 is 14.8 Å². The molecular weight excluding hydrogens is 166 g/mol. The van der Waals surface area contributed by atoms with E-state index in [-0.39, 0.29) is 0 Å². The van der Waals surface area contributed by atoms with E-state index in [1.807, 2.05) is 6.92 Å². The molecule has 78 valence electrons. The summed E-state index contributed by atoms with van der Waals surface area (Å²) in [6, 6.07) is 0. The Morgan fingerprint density at radius 3 is 3.08 bits per heavy atom. The molecule has 0 spiro atoms. The summed E-state index contributed by atoms with van der Waals surface area (Å²) in [6.45, 7) is 8.81. The van der Waals surface area contributed by atoms with Gasteiger partial charge in [-0.2, -0.15) is 0 Å². The number of ether oxygens (including phenoxy) is 2. The van der Waals surface area contributed by atoms with Crippen LogP contribution in [0, 0.1) is 5.92 Å². The largest absolute Gasteiger partial charge is 0.381 e. The highest BCUT2D eigenvalue weighted by atomic mass is 16.5. The summed E-state index contributed by atoms with van der Waals surface area (Å²) in [6.07, 6.45) is 1.53. The molecule has 0 radical (unpaired) electrons. The quantitative estimate of drug-likeness (QED) is 0.674. The van der Waals surface area contributed by atoms with Gasteiger partial charge in [0, 0.05) is 26.3 Å². The molecule has 2 atom stereocenters. The van der Waals surface area contributed by atoms with E-state index in [9.17, 15) is 0 Å². The molecule has 1 saturated heterocycles. The Morgan fingerprint density at radius 1 is 1.62 bits per heavy atom. The molecule has 0 aliphatic carbocycles. The van der Waals surface area contributed by atoms with E-state index in [0.717, 1.165) is 32.9 Å². The normalized spacial score (nSPS) is 24.9. The lowest BCUT2D eigenvalue weighted by Crippen LogP contribution is -2.31. The van der Waals surface area contributed by atoms with Crippen molar-refractivity contribution in [1.82, 2.24) is 5.32 Å². The highest BCUT2D eigenvalue weighted by Crippen LogP contribution is 2.10. The lowest BCUT2D eigenvalue weighted by atomic mass is 10.1. The molecule has 0 aromatic rings. The van der Waals surface area contributed by atoms with Crippen molar-refractivity contribution in [2.45, 2.75) is 26.4 Å². The molecule has 0 bridgehead atoms. The average molecular weight is 187 g/mol.